The summed E-state index contributed by atoms with van der Waals surface area (Å²) in [5.74, 6) is 5.78. The van der Waals surface area contributed by atoms with Gasteiger partial charge < -0.3 is 9.47 Å². The van der Waals surface area contributed by atoms with Crippen LogP contribution in [0.5, 0.6) is 5.75 Å². The summed E-state index contributed by atoms with van der Waals surface area (Å²) in [7, 11) is 0. The lowest BCUT2D eigenvalue weighted by atomic mass is 9.47. The molecule has 0 bridgehead atoms. The van der Waals surface area contributed by atoms with Crippen molar-refractivity contribution in [2.45, 2.75) is 195 Å². The molecule has 3 heteroatoms. The molecule has 0 heterocycles. The fourth-order valence-electron chi connectivity index (χ4n) is 11.8. The highest BCUT2D eigenvalue weighted by atomic mass is 16.5. The SMILES string of the molecule is CCCCCCCCCCCCCCOc1ccc(C(=O)OC2CC[C@@]3(C)C(=CC[C@H]4[C@@H]5CC[C@H]([C@H](C)CCCC(C)C)[C@@]5(C)CC[C@@H]43)C2)cc1. The Hall–Kier alpha value is -1.77. The van der Waals surface area contributed by atoms with E-state index >= 15 is 0 Å². The molecule has 51 heavy (non-hydrogen) atoms. The molecule has 4 aliphatic carbocycles. The van der Waals surface area contributed by atoms with Crippen molar-refractivity contribution in [1.82, 2.24) is 0 Å². The molecule has 288 valence electrons. The van der Waals surface area contributed by atoms with E-state index in [-0.39, 0.29) is 17.5 Å². The smallest absolute Gasteiger partial charge is 0.338 e. The summed E-state index contributed by atoms with van der Waals surface area (Å²) in [6.45, 7) is 15.6. The monoisotopic (exact) mass is 703 g/mol. The Morgan fingerprint density at radius 2 is 1.43 bits per heavy atom. The number of unbranched alkanes of at least 4 members (excludes halogenated alkanes) is 11. The minimum absolute atomic E-state index is 0.00787. The standard InChI is InChI=1S/C48H78O3/c1-7-8-9-10-11-12-13-14-15-16-17-18-34-50-40-25-22-38(23-26-40)46(49)51-41-30-32-47(5)39(35-41)24-27-42-44-29-28-43(37(4)21-19-20-36(2)3)48(44,6)33-31-45(42)47/h22-26,36-37,41-45H,7-21,27-35H2,1-6H3/t37-,41?,42+,43-,44+,45+,47+,48-/m1/s1. The third-order valence-corrected chi connectivity index (χ3v) is 14.9. The van der Waals surface area contributed by atoms with Crippen molar-refractivity contribution in [3.05, 3.63) is 41.5 Å². The maximum absolute atomic E-state index is 13.2. The average molecular weight is 703 g/mol. The van der Waals surface area contributed by atoms with Gasteiger partial charge in [0.05, 0.1) is 12.2 Å². The van der Waals surface area contributed by atoms with E-state index in [2.05, 4.69) is 47.6 Å². The maximum atomic E-state index is 13.2. The molecule has 5 rings (SSSR count). The van der Waals surface area contributed by atoms with Crippen LogP contribution in [0.3, 0.4) is 0 Å². The Bertz CT molecular complexity index is 1220. The maximum Gasteiger partial charge on any atom is 0.338 e. The number of allylic oxidation sites excluding steroid dienone is 1. The van der Waals surface area contributed by atoms with Crippen LogP contribution >= 0.6 is 0 Å². The largest absolute Gasteiger partial charge is 0.494 e. The molecule has 8 atom stereocenters. The van der Waals surface area contributed by atoms with E-state index in [0.717, 1.165) is 73.5 Å². The first-order chi connectivity index (χ1) is 24.7. The zero-order valence-corrected chi connectivity index (χ0v) is 34.1. The first-order valence-electron chi connectivity index (χ1n) is 22.3. The van der Waals surface area contributed by atoms with Crippen molar-refractivity contribution in [1.29, 1.82) is 0 Å². The molecule has 3 fully saturated rings. The van der Waals surface area contributed by atoms with Crippen molar-refractivity contribution in [3.63, 3.8) is 0 Å². The first kappa shape index (κ1) is 40.4. The highest BCUT2D eigenvalue weighted by Crippen LogP contribution is 2.67. The van der Waals surface area contributed by atoms with Crippen LogP contribution in [0.25, 0.3) is 0 Å². The summed E-state index contributed by atoms with van der Waals surface area (Å²) < 4.78 is 12.2. The number of ether oxygens (including phenoxy) is 2. The average Bonchev–Trinajstić information content (AvgIpc) is 3.48. The molecule has 0 spiro atoms. The molecule has 0 saturated heterocycles. The third kappa shape index (κ3) is 10.5. The number of benzene rings is 1. The number of carbonyl (C=O) groups is 1. The zero-order valence-electron chi connectivity index (χ0n) is 34.1. The van der Waals surface area contributed by atoms with Gasteiger partial charge in [0.25, 0.3) is 0 Å². The van der Waals surface area contributed by atoms with E-state index in [1.165, 1.54) is 122 Å². The van der Waals surface area contributed by atoms with Crippen molar-refractivity contribution in [3.8, 4) is 5.75 Å². The highest BCUT2D eigenvalue weighted by molar-refractivity contribution is 5.89. The van der Waals surface area contributed by atoms with Gasteiger partial charge in [-0.3, -0.25) is 0 Å². The molecule has 1 aromatic rings. The third-order valence-electron chi connectivity index (χ3n) is 14.9. The Labute approximate surface area is 314 Å². The lowest BCUT2D eigenvalue weighted by Crippen LogP contribution is -2.51. The molecular weight excluding hydrogens is 625 g/mol. The van der Waals surface area contributed by atoms with E-state index in [1.807, 2.05) is 24.3 Å². The second kappa shape index (κ2) is 19.5. The van der Waals surface area contributed by atoms with Crippen LogP contribution in [0.15, 0.2) is 35.9 Å². The fraction of sp³-hybridized carbons (Fsp3) is 0.812. The van der Waals surface area contributed by atoms with E-state index in [1.54, 1.807) is 5.57 Å². The van der Waals surface area contributed by atoms with Crippen molar-refractivity contribution in [2.75, 3.05) is 6.61 Å². The van der Waals surface area contributed by atoms with Crippen LogP contribution in [-0.2, 0) is 4.74 Å². The normalized spacial score (nSPS) is 30.6. The summed E-state index contributed by atoms with van der Waals surface area (Å²) in [6.07, 6.45) is 33.0. The van der Waals surface area contributed by atoms with E-state index in [0.29, 0.717) is 11.0 Å². The molecule has 1 aromatic carbocycles. The van der Waals surface area contributed by atoms with Crippen LogP contribution in [0.2, 0.25) is 0 Å². The summed E-state index contributed by atoms with van der Waals surface area (Å²) in [5.41, 5.74) is 3.04. The van der Waals surface area contributed by atoms with Crippen LogP contribution in [0.1, 0.15) is 200 Å². The van der Waals surface area contributed by atoms with Crippen LogP contribution in [0.4, 0.5) is 0 Å². The summed E-state index contributed by atoms with van der Waals surface area (Å²) in [5, 5.41) is 0. The molecule has 3 saturated carbocycles. The number of rotatable bonds is 21. The van der Waals surface area contributed by atoms with E-state index < -0.39 is 0 Å². The van der Waals surface area contributed by atoms with Gasteiger partial charge in [0.2, 0.25) is 0 Å². The Morgan fingerprint density at radius 3 is 2.10 bits per heavy atom. The Morgan fingerprint density at radius 1 is 0.765 bits per heavy atom. The predicted octanol–water partition coefficient (Wildman–Crippen LogP) is 14.3. The van der Waals surface area contributed by atoms with Gasteiger partial charge in [-0.15, -0.1) is 0 Å². The number of hydrogen-bond donors (Lipinski definition) is 0. The number of fused-ring (bicyclic) bond motifs is 5. The summed E-state index contributed by atoms with van der Waals surface area (Å²) in [4.78, 5) is 13.2. The van der Waals surface area contributed by atoms with Gasteiger partial charge in [-0.1, -0.05) is 143 Å². The number of esters is 1. The molecule has 4 aliphatic rings. The van der Waals surface area contributed by atoms with Gasteiger partial charge in [0.1, 0.15) is 11.9 Å². The molecular formula is C48H78O3. The van der Waals surface area contributed by atoms with Crippen molar-refractivity contribution < 1.29 is 14.3 Å². The Balaban J connectivity index is 1.02. The molecule has 0 radical (unpaired) electrons. The summed E-state index contributed by atoms with van der Waals surface area (Å²) >= 11 is 0. The number of carbonyl (C=O) groups excluding carboxylic acids is 1. The van der Waals surface area contributed by atoms with Crippen LogP contribution in [-0.4, -0.2) is 18.7 Å². The predicted molar refractivity (Wildman–Crippen MR) is 215 cm³/mol. The van der Waals surface area contributed by atoms with Gasteiger partial charge >= 0.3 is 5.97 Å². The Kier molecular flexibility index (Phi) is 15.5. The minimum Gasteiger partial charge on any atom is -0.494 e. The van der Waals surface area contributed by atoms with Crippen LogP contribution < -0.4 is 4.74 Å². The van der Waals surface area contributed by atoms with Gasteiger partial charge in [0.15, 0.2) is 0 Å². The first-order valence-corrected chi connectivity index (χ1v) is 22.3. The van der Waals surface area contributed by atoms with E-state index in [9.17, 15) is 4.79 Å². The molecule has 1 unspecified atom stereocenters. The topological polar surface area (TPSA) is 35.5 Å². The number of hydrogen-bond acceptors (Lipinski definition) is 3. The molecule has 0 aliphatic heterocycles. The van der Waals surface area contributed by atoms with Gasteiger partial charge in [-0.2, -0.15) is 0 Å². The molecule has 3 nitrogen and oxygen atoms in total. The quantitative estimate of drug-likeness (QED) is 0.0727. The van der Waals surface area contributed by atoms with E-state index in [4.69, 9.17) is 9.47 Å². The zero-order chi connectivity index (χ0) is 36.3. The van der Waals surface area contributed by atoms with Crippen LogP contribution in [0, 0.1) is 46.3 Å². The fourth-order valence-corrected chi connectivity index (χ4v) is 11.8. The molecule has 0 N–H and O–H groups in total. The molecule has 0 aromatic heterocycles. The van der Waals surface area contributed by atoms with Crippen molar-refractivity contribution >= 4 is 5.97 Å². The van der Waals surface area contributed by atoms with Gasteiger partial charge in [0, 0.05) is 6.42 Å². The second-order valence-electron chi connectivity index (χ2n) is 18.8. The minimum atomic E-state index is -0.182. The van der Waals surface area contributed by atoms with Gasteiger partial charge in [-0.25, -0.2) is 4.79 Å². The van der Waals surface area contributed by atoms with Gasteiger partial charge in [-0.05, 0) is 122 Å². The molecule has 0 amide bonds. The highest BCUT2D eigenvalue weighted by Gasteiger charge is 2.59. The second-order valence-corrected chi connectivity index (χ2v) is 18.8. The summed E-state index contributed by atoms with van der Waals surface area (Å²) in [6, 6.07) is 7.65. The van der Waals surface area contributed by atoms with Crippen molar-refractivity contribution in [2.24, 2.45) is 46.3 Å². The lowest BCUT2D eigenvalue weighted by molar-refractivity contribution is -0.0594. The lowest BCUT2D eigenvalue weighted by Gasteiger charge is -2.58.